The molecule has 0 radical (unpaired) electrons. The molecule has 0 unspecified atom stereocenters. The number of hydrogen-bond acceptors (Lipinski definition) is 4. The van der Waals surface area contributed by atoms with Crippen molar-refractivity contribution >= 4 is 85.4 Å². The Bertz CT molecular complexity index is 1330. The molecule has 0 amide bonds. The Morgan fingerprint density at radius 3 is 2.14 bits per heavy atom. The Morgan fingerprint density at radius 1 is 0.607 bits per heavy atom. The number of rotatable bonds is 2. The SMILES string of the molecule is C1=CSC(=C2SC=C(/C=C/c3ccc4ccc5cccc6ccc3c4c56)S2)S1. The highest BCUT2D eigenvalue weighted by atomic mass is 32.2. The largest absolute Gasteiger partial charge is 0.0884 e. The zero-order valence-electron chi connectivity index (χ0n) is 14.7. The van der Waals surface area contributed by atoms with Gasteiger partial charge in [0.2, 0.25) is 0 Å². The fourth-order valence-corrected chi connectivity index (χ4v) is 8.16. The van der Waals surface area contributed by atoms with Crippen molar-refractivity contribution in [1.82, 2.24) is 0 Å². The highest BCUT2D eigenvalue weighted by Gasteiger charge is 2.17. The predicted molar refractivity (Wildman–Crippen MR) is 134 cm³/mol. The summed E-state index contributed by atoms with van der Waals surface area (Å²) in [5.74, 6) is 0. The topological polar surface area (TPSA) is 0 Å². The van der Waals surface area contributed by atoms with Crippen LogP contribution in [0.3, 0.4) is 0 Å². The lowest BCUT2D eigenvalue weighted by Crippen LogP contribution is -1.86. The quantitative estimate of drug-likeness (QED) is 0.291. The minimum absolute atomic E-state index is 1.28. The van der Waals surface area contributed by atoms with Gasteiger partial charge < -0.3 is 0 Å². The van der Waals surface area contributed by atoms with Crippen LogP contribution in [0.5, 0.6) is 0 Å². The molecule has 6 rings (SSSR count). The highest BCUT2D eigenvalue weighted by Crippen LogP contribution is 2.53. The third-order valence-corrected chi connectivity index (χ3v) is 10.1. The first-order valence-electron chi connectivity index (χ1n) is 8.99. The van der Waals surface area contributed by atoms with Crippen LogP contribution in [-0.4, -0.2) is 0 Å². The molecule has 0 atom stereocenters. The van der Waals surface area contributed by atoms with Crippen molar-refractivity contribution in [2.75, 3.05) is 0 Å². The monoisotopic (exact) mass is 430 g/mol. The molecule has 2 heterocycles. The van der Waals surface area contributed by atoms with E-state index in [0.717, 1.165) is 0 Å². The van der Waals surface area contributed by atoms with Gasteiger partial charge in [0, 0.05) is 4.91 Å². The molecular formula is C24H14S4. The third-order valence-electron chi connectivity index (χ3n) is 5.05. The van der Waals surface area contributed by atoms with Gasteiger partial charge in [-0.25, -0.2) is 0 Å². The summed E-state index contributed by atoms with van der Waals surface area (Å²) >= 11 is 7.37. The van der Waals surface area contributed by atoms with Gasteiger partial charge in [0.15, 0.2) is 0 Å². The van der Waals surface area contributed by atoms with Gasteiger partial charge >= 0.3 is 0 Å². The molecule has 0 N–H and O–H groups in total. The molecule has 0 saturated carbocycles. The summed E-state index contributed by atoms with van der Waals surface area (Å²) in [5, 5.41) is 14.6. The summed E-state index contributed by atoms with van der Waals surface area (Å²) in [7, 11) is 0. The van der Waals surface area contributed by atoms with Crippen LogP contribution in [-0.2, 0) is 0 Å². The predicted octanol–water partition coefficient (Wildman–Crippen LogP) is 9.00. The number of allylic oxidation sites excluding steroid dienone is 1. The molecule has 2 aliphatic heterocycles. The van der Waals surface area contributed by atoms with Crippen LogP contribution in [0, 0.1) is 0 Å². The van der Waals surface area contributed by atoms with Gasteiger partial charge in [-0.05, 0) is 60.2 Å². The van der Waals surface area contributed by atoms with Gasteiger partial charge in [0.25, 0.3) is 0 Å². The van der Waals surface area contributed by atoms with Crippen molar-refractivity contribution in [2.45, 2.75) is 0 Å². The summed E-state index contributed by atoms with van der Waals surface area (Å²) in [6.45, 7) is 0. The molecule has 0 saturated heterocycles. The summed E-state index contributed by atoms with van der Waals surface area (Å²) in [6, 6.07) is 20.1. The zero-order chi connectivity index (χ0) is 18.5. The first-order chi connectivity index (χ1) is 13.9. The molecule has 2 aliphatic rings. The van der Waals surface area contributed by atoms with Crippen molar-refractivity contribution in [2.24, 2.45) is 0 Å². The second-order valence-electron chi connectivity index (χ2n) is 6.67. The van der Waals surface area contributed by atoms with Crippen molar-refractivity contribution < 1.29 is 0 Å². The van der Waals surface area contributed by atoms with Gasteiger partial charge in [0.1, 0.15) is 0 Å². The van der Waals surface area contributed by atoms with E-state index < -0.39 is 0 Å². The second kappa shape index (κ2) is 6.96. The molecule has 0 fully saturated rings. The second-order valence-corrected chi connectivity index (χ2v) is 11.0. The van der Waals surface area contributed by atoms with Crippen LogP contribution in [0.15, 0.2) is 90.3 Å². The van der Waals surface area contributed by atoms with E-state index in [1.54, 1.807) is 0 Å². The fourth-order valence-electron chi connectivity index (χ4n) is 3.81. The molecule has 0 aliphatic carbocycles. The van der Waals surface area contributed by atoms with E-state index in [-0.39, 0.29) is 0 Å². The minimum Gasteiger partial charge on any atom is -0.0884 e. The van der Waals surface area contributed by atoms with Crippen LogP contribution >= 0.6 is 47.0 Å². The molecular weight excluding hydrogens is 417 g/mol. The standard InChI is InChI=1S/C24H14S4/c1-2-16-6-7-18-5-4-15(20-11-9-17(3-1)21(16)22(18)20)8-10-19-14-27-24(28-19)23-25-12-13-26-23/h1-14H/b10-8+. The van der Waals surface area contributed by atoms with Gasteiger partial charge in [0.05, 0.1) is 8.47 Å². The Kier molecular flexibility index (Phi) is 4.27. The molecule has 4 aromatic rings. The summed E-state index contributed by atoms with van der Waals surface area (Å²) in [4.78, 5) is 1.31. The van der Waals surface area contributed by atoms with Gasteiger partial charge in [-0.15, -0.1) is 0 Å². The van der Waals surface area contributed by atoms with E-state index in [1.165, 1.54) is 51.3 Å². The van der Waals surface area contributed by atoms with Crippen molar-refractivity contribution in [3.8, 4) is 0 Å². The number of hydrogen-bond donors (Lipinski definition) is 0. The van der Waals surface area contributed by atoms with Crippen LogP contribution in [0.2, 0.25) is 0 Å². The lowest BCUT2D eigenvalue weighted by atomic mass is 9.92. The number of benzene rings is 4. The molecule has 0 bridgehead atoms. The maximum atomic E-state index is 2.28. The Labute approximate surface area is 180 Å². The van der Waals surface area contributed by atoms with E-state index in [0.29, 0.717) is 0 Å². The maximum Gasteiger partial charge on any atom is 0.0700 e. The Hall–Kier alpha value is -1.72. The average molecular weight is 431 g/mol. The molecule has 4 heteroatoms. The highest BCUT2D eigenvalue weighted by molar-refractivity contribution is 8.33. The minimum atomic E-state index is 1.28. The summed E-state index contributed by atoms with van der Waals surface area (Å²) in [5.41, 5.74) is 1.28. The Balaban J connectivity index is 1.41. The van der Waals surface area contributed by atoms with Gasteiger partial charge in [-0.3, -0.25) is 0 Å². The summed E-state index contributed by atoms with van der Waals surface area (Å²) < 4.78 is 2.80. The normalized spacial score (nSPS) is 17.2. The molecule has 0 aromatic heterocycles. The Morgan fingerprint density at radius 2 is 1.32 bits per heavy atom. The molecule has 0 nitrogen and oxygen atoms in total. The van der Waals surface area contributed by atoms with Crippen molar-refractivity contribution in [3.05, 3.63) is 95.8 Å². The van der Waals surface area contributed by atoms with Crippen molar-refractivity contribution in [1.29, 1.82) is 0 Å². The van der Waals surface area contributed by atoms with Crippen molar-refractivity contribution in [3.63, 3.8) is 0 Å². The zero-order valence-corrected chi connectivity index (χ0v) is 18.0. The third kappa shape index (κ3) is 2.82. The summed E-state index contributed by atoms with van der Waals surface area (Å²) in [6.07, 6.45) is 4.53. The molecule has 4 aromatic carbocycles. The van der Waals surface area contributed by atoms with Gasteiger partial charge in [-0.2, -0.15) is 0 Å². The number of thioether (sulfide) groups is 4. The van der Waals surface area contributed by atoms with E-state index in [9.17, 15) is 0 Å². The van der Waals surface area contributed by atoms with Crippen LogP contribution in [0.25, 0.3) is 38.4 Å². The smallest absolute Gasteiger partial charge is 0.0700 e. The van der Waals surface area contributed by atoms with E-state index in [4.69, 9.17) is 0 Å². The first-order valence-corrected chi connectivity index (χ1v) is 12.4. The molecule has 28 heavy (non-hydrogen) atoms. The van der Waals surface area contributed by atoms with Gasteiger partial charge in [-0.1, -0.05) is 108 Å². The fraction of sp³-hybridized carbons (Fsp3) is 0. The van der Waals surface area contributed by atoms with E-state index in [2.05, 4.69) is 83.0 Å². The van der Waals surface area contributed by atoms with Crippen LogP contribution in [0.1, 0.15) is 5.56 Å². The maximum absolute atomic E-state index is 2.28. The van der Waals surface area contributed by atoms with Crippen LogP contribution in [0.4, 0.5) is 0 Å². The lowest BCUT2D eigenvalue weighted by molar-refractivity contribution is 1.74. The first kappa shape index (κ1) is 17.2. The average Bonchev–Trinajstić information content (AvgIpc) is 3.43. The lowest BCUT2D eigenvalue weighted by Gasteiger charge is -2.12. The molecule has 134 valence electrons. The van der Waals surface area contributed by atoms with E-state index in [1.807, 2.05) is 47.0 Å². The van der Waals surface area contributed by atoms with E-state index >= 15 is 0 Å². The van der Waals surface area contributed by atoms with Crippen LogP contribution < -0.4 is 0 Å². The molecule has 0 spiro atoms.